The molecule has 27 heavy (non-hydrogen) atoms. The van der Waals surface area contributed by atoms with Crippen LogP contribution in [0.25, 0.3) is 22.6 Å². The monoisotopic (exact) mass is 360 g/mol. The number of para-hydroxylation sites is 2. The van der Waals surface area contributed by atoms with Crippen LogP contribution >= 0.6 is 0 Å². The first-order valence-corrected chi connectivity index (χ1v) is 8.65. The molecule has 134 valence electrons. The van der Waals surface area contributed by atoms with Gasteiger partial charge in [0, 0.05) is 11.5 Å². The van der Waals surface area contributed by atoms with Gasteiger partial charge >= 0.3 is 5.97 Å². The number of aromatic carboxylic acids is 1. The lowest BCUT2D eigenvalue weighted by Crippen LogP contribution is -2.13. The minimum absolute atomic E-state index is 0.0244. The summed E-state index contributed by atoms with van der Waals surface area (Å²) < 4.78 is 0. The van der Waals surface area contributed by atoms with Crippen molar-refractivity contribution in [2.75, 3.05) is 0 Å². The van der Waals surface area contributed by atoms with Crippen molar-refractivity contribution >= 4 is 34.2 Å². The van der Waals surface area contributed by atoms with Gasteiger partial charge in [-0.15, -0.1) is 0 Å². The number of nitro benzene ring substituents is 1. The number of hydrogen-bond acceptors (Lipinski definition) is 4. The van der Waals surface area contributed by atoms with E-state index in [1.165, 1.54) is 6.07 Å². The maximum atomic E-state index is 12.0. The van der Waals surface area contributed by atoms with Gasteiger partial charge in [-0.1, -0.05) is 30.3 Å². The fourth-order valence-corrected chi connectivity index (χ4v) is 3.68. The first-order valence-electron chi connectivity index (χ1n) is 8.65. The summed E-state index contributed by atoms with van der Waals surface area (Å²) >= 11 is 0. The van der Waals surface area contributed by atoms with Gasteiger partial charge in [0.05, 0.1) is 27.3 Å². The molecule has 2 aromatic carbocycles. The number of pyridine rings is 1. The third kappa shape index (κ3) is 2.95. The van der Waals surface area contributed by atoms with E-state index in [0.29, 0.717) is 40.6 Å². The lowest BCUT2D eigenvalue weighted by Gasteiger charge is -2.21. The van der Waals surface area contributed by atoms with Crippen LogP contribution in [0.3, 0.4) is 0 Å². The summed E-state index contributed by atoms with van der Waals surface area (Å²) in [7, 11) is 0. The van der Waals surface area contributed by atoms with Gasteiger partial charge in [-0.3, -0.25) is 10.1 Å². The number of aromatic nitrogens is 1. The van der Waals surface area contributed by atoms with Crippen LogP contribution in [0, 0.1) is 10.1 Å². The van der Waals surface area contributed by atoms with Crippen molar-refractivity contribution in [3.63, 3.8) is 0 Å². The summed E-state index contributed by atoms with van der Waals surface area (Å²) in [5.41, 5.74) is 3.59. The van der Waals surface area contributed by atoms with Gasteiger partial charge in [-0.25, -0.2) is 9.78 Å². The molecule has 1 aromatic heterocycles. The first-order chi connectivity index (χ1) is 13.1. The minimum Gasteiger partial charge on any atom is -0.478 e. The molecule has 0 amide bonds. The van der Waals surface area contributed by atoms with Crippen molar-refractivity contribution in [3.8, 4) is 0 Å². The van der Waals surface area contributed by atoms with Crippen molar-refractivity contribution in [1.29, 1.82) is 0 Å². The lowest BCUT2D eigenvalue weighted by molar-refractivity contribution is -0.385. The number of benzene rings is 2. The van der Waals surface area contributed by atoms with E-state index >= 15 is 0 Å². The Labute approximate surface area is 154 Å². The van der Waals surface area contributed by atoms with Crippen LogP contribution in [0.4, 0.5) is 5.69 Å². The number of nitro groups is 1. The number of carbonyl (C=O) groups is 1. The van der Waals surface area contributed by atoms with Gasteiger partial charge in [0.15, 0.2) is 0 Å². The van der Waals surface area contributed by atoms with Crippen LogP contribution in [0.15, 0.2) is 48.5 Å². The van der Waals surface area contributed by atoms with Crippen molar-refractivity contribution in [1.82, 2.24) is 4.98 Å². The van der Waals surface area contributed by atoms with E-state index in [9.17, 15) is 20.0 Å². The molecule has 1 aliphatic rings. The predicted octanol–water partition coefficient (Wildman–Crippen LogP) is 4.72. The van der Waals surface area contributed by atoms with Gasteiger partial charge < -0.3 is 5.11 Å². The smallest absolute Gasteiger partial charge is 0.336 e. The fraction of sp³-hybridized carbons (Fsp3) is 0.143. The summed E-state index contributed by atoms with van der Waals surface area (Å²) in [6, 6.07) is 13.7. The Morgan fingerprint density at radius 2 is 1.85 bits per heavy atom. The molecule has 0 radical (unpaired) electrons. The molecule has 0 aliphatic heterocycles. The van der Waals surface area contributed by atoms with E-state index < -0.39 is 10.9 Å². The Morgan fingerprint density at radius 1 is 1.11 bits per heavy atom. The SMILES string of the molecule is O=C(O)c1c2c(nc3ccccc13)/C(=C\c1ccccc1[N+](=O)[O-])CCC2. The van der Waals surface area contributed by atoms with E-state index in [1.807, 2.05) is 6.07 Å². The second-order valence-electron chi connectivity index (χ2n) is 6.48. The topological polar surface area (TPSA) is 93.3 Å². The second-order valence-corrected chi connectivity index (χ2v) is 6.48. The van der Waals surface area contributed by atoms with Crippen LogP contribution in [-0.4, -0.2) is 21.0 Å². The highest BCUT2D eigenvalue weighted by atomic mass is 16.6. The molecule has 1 aliphatic carbocycles. The Balaban J connectivity index is 1.97. The first kappa shape index (κ1) is 16.9. The van der Waals surface area contributed by atoms with Gasteiger partial charge in [-0.05, 0) is 48.6 Å². The fourth-order valence-electron chi connectivity index (χ4n) is 3.68. The van der Waals surface area contributed by atoms with E-state index in [4.69, 9.17) is 4.98 Å². The molecular formula is C21H16N2O4. The van der Waals surface area contributed by atoms with Gasteiger partial charge in [0.25, 0.3) is 5.69 Å². The van der Waals surface area contributed by atoms with Crippen molar-refractivity contribution < 1.29 is 14.8 Å². The Hall–Kier alpha value is -3.54. The molecule has 0 unspecified atom stereocenters. The Kier molecular flexibility index (Phi) is 4.16. The number of rotatable bonds is 3. The largest absolute Gasteiger partial charge is 0.478 e. The average Bonchev–Trinajstić information content (AvgIpc) is 2.66. The van der Waals surface area contributed by atoms with Crippen molar-refractivity contribution in [2.45, 2.75) is 19.3 Å². The van der Waals surface area contributed by atoms with Crippen molar-refractivity contribution in [2.24, 2.45) is 0 Å². The highest BCUT2D eigenvalue weighted by Gasteiger charge is 2.25. The number of carboxylic acid groups (broad SMARTS) is 1. The predicted molar refractivity (Wildman–Crippen MR) is 103 cm³/mol. The van der Waals surface area contributed by atoms with Crippen molar-refractivity contribution in [3.05, 3.63) is 81.0 Å². The standard InChI is InChI=1S/C21H16N2O4/c24-21(25)19-15-8-2-3-10-17(15)22-20-14(7-5-9-16(19)20)12-13-6-1-4-11-18(13)23(26)27/h1-4,6,8,10-12H,5,7,9H2,(H,24,25)/b14-12-. The third-order valence-electron chi connectivity index (χ3n) is 4.85. The molecule has 6 heteroatoms. The number of carboxylic acids is 1. The summed E-state index contributed by atoms with van der Waals surface area (Å²) in [4.78, 5) is 27.6. The molecular weight excluding hydrogens is 344 g/mol. The molecule has 0 fully saturated rings. The summed E-state index contributed by atoms with van der Waals surface area (Å²) in [6.07, 6.45) is 3.87. The maximum absolute atomic E-state index is 12.0. The zero-order valence-electron chi connectivity index (χ0n) is 14.4. The summed E-state index contributed by atoms with van der Waals surface area (Å²) in [5.74, 6) is -0.975. The molecule has 6 nitrogen and oxygen atoms in total. The molecule has 4 rings (SSSR count). The zero-order valence-corrected chi connectivity index (χ0v) is 14.4. The highest BCUT2D eigenvalue weighted by Crippen LogP contribution is 2.37. The van der Waals surface area contributed by atoms with Gasteiger partial charge in [0.2, 0.25) is 0 Å². The molecule has 1 N–H and O–H groups in total. The molecule has 0 bridgehead atoms. The molecule has 1 heterocycles. The molecule has 0 saturated heterocycles. The summed E-state index contributed by atoms with van der Waals surface area (Å²) in [6.45, 7) is 0. The number of hydrogen-bond donors (Lipinski definition) is 1. The van der Waals surface area contributed by atoms with Gasteiger partial charge in [0.1, 0.15) is 0 Å². The normalized spacial score (nSPS) is 14.9. The van der Waals surface area contributed by atoms with E-state index in [-0.39, 0.29) is 11.3 Å². The van der Waals surface area contributed by atoms with Crippen LogP contribution < -0.4 is 0 Å². The molecule has 3 aromatic rings. The van der Waals surface area contributed by atoms with E-state index in [1.54, 1.807) is 42.5 Å². The van der Waals surface area contributed by atoms with Gasteiger partial charge in [-0.2, -0.15) is 0 Å². The third-order valence-corrected chi connectivity index (χ3v) is 4.85. The van der Waals surface area contributed by atoms with Crippen LogP contribution in [0.2, 0.25) is 0 Å². The van der Waals surface area contributed by atoms with Crippen LogP contribution in [-0.2, 0) is 6.42 Å². The van der Waals surface area contributed by atoms with Crippen LogP contribution in [0.5, 0.6) is 0 Å². The summed E-state index contributed by atoms with van der Waals surface area (Å²) in [5, 5.41) is 21.7. The maximum Gasteiger partial charge on any atom is 0.336 e. The number of allylic oxidation sites excluding steroid dienone is 1. The number of nitrogens with zero attached hydrogens (tertiary/aromatic N) is 2. The lowest BCUT2D eigenvalue weighted by atomic mass is 9.86. The molecule has 0 saturated carbocycles. The van der Waals surface area contributed by atoms with Crippen LogP contribution in [0.1, 0.15) is 40.0 Å². The quantitative estimate of drug-likeness (QED) is 0.539. The molecule has 0 atom stereocenters. The van der Waals surface area contributed by atoms with E-state index in [2.05, 4.69) is 0 Å². The second kappa shape index (κ2) is 6.64. The Bertz CT molecular complexity index is 1120. The Morgan fingerprint density at radius 3 is 2.63 bits per heavy atom. The number of fused-ring (bicyclic) bond motifs is 2. The molecule has 0 spiro atoms. The average molecular weight is 360 g/mol. The zero-order chi connectivity index (χ0) is 19.0. The highest BCUT2D eigenvalue weighted by molar-refractivity contribution is 6.06. The minimum atomic E-state index is -0.975. The van der Waals surface area contributed by atoms with E-state index in [0.717, 1.165) is 12.0 Å².